The molecule has 7 heteroatoms. The lowest BCUT2D eigenvalue weighted by Crippen LogP contribution is -2.07. The third kappa shape index (κ3) is 3.71. The maximum absolute atomic E-state index is 5.25. The second-order valence-corrected chi connectivity index (χ2v) is 8.47. The summed E-state index contributed by atoms with van der Waals surface area (Å²) < 4.78 is 5.25. The zero-order chi connectivity index (χ0) is 18.8. The number of thiazole rings is 1. The molecule has 4 rings (SSSR count). The first kappa shape index (κ1) is 18.0. The molecule has 0 aliphatic heterocycles. The lowest BCUT2D eigenvalue weighted by Gasteiger charge is -2.10. The number of aryl methyl sites for hydroxylation is 2. The van der Waals surface area contributed by atoms with Crippen molar-refractivity contribution in [3.63, 3.8) is 0 Å². The van der Waals surface area contributed by atoms with E-state index in [-0.39, 0.29) is 0 Å². The van der Waals surface area contributed by atoms with Crippen LogP contribution in [0.25, 0.3) is 21.3 Å². The van der Waals surface area contributed by atoms with E-state index in [1.807, 2.05) is 25.1 Å². The summed E-state index contributed by atoms with van der Waals surface area (Å²) in [6.45, 7) is 5.16. The van der Waals surface area contributed by atoms with Gasteiger partial charge in [-0.2, -0.15) is 0 Å². The minimum Gasteiger partial charge on any atom is -0.377 e. The smallest absolute Gasteiger partial charge is 0.158 e. The van der Waals surface area contributed by atoms with Crippen molar-refractivity contribution < 1.29 is 4.74 Å². The van der Waals surface area contributed by atoms with Gasteiger partial charge in [-0.15, -0.1) is 22.7 Å². The van der Waals surface area contributed by atoms with Crippen LogP contribution in [0.1, 0.15) is 21.4 Å². The second kappa shape index (κ2) is 7.72. The number of nitrogens with one attached hydrogen (secondary N) is 1. The van der Waals surface area contributed by atoms with E-state index in [1.165, 1.54) is 4.88 Å². The third-order valence-corrected chi connectivity index (χ3v) is 6.06. The summed E-state index contributed by atoms with van der Waals surface area (Å²) >= 11 is 3.35. The molecule has 4 aromatic rings. The number of anilines is 1. The molecule has 0 amide bonds. The number of benzene rings is 1. The van der Waals surface area contributed by atoms with Gasteiger partial charge in [0, 0.05) is 22.9 Å². The Kier molecular flexibility index (Phi) is 5.15. The molecule has 1 N–H and O–H groups in total. The van der Waals surface area contributed by atoms with Crippen LogP contribution in [0.3, 0.4) is 0 Å². The van der Waals surface area contributed by atoms with Gasteiger partial charge in [-0.05, 0) is 19.4 Å². The highest BCUT2D eigenvalue weighted by Crippen LogP contribution is 2.37. The molecule has 0 bridgehead atoms. The number of nitrogens with zero attached hydrogens (tertiary/aromatic N) is 3. The molecular formula is C20H20N4OS2. The van der Waals surface area contributed by atoms with Crippen LogP contribution in [0.15, 0.2) is 35.7 Å². The topological polar surface area (TPSA) is 59.9 Å². The molecule has 0 unspecified atom stereocenters. The van der Waals surface area contributed by atoms with Gasteiger partial charge in [-0.25, -0.2) is 15.0 Å². The van der Waals surface area contributed by atoms with Crippen molar-refractivity contribution in [2.45, 2.75) is 27.0 Å². The molecule has 3 aromatic heterocycles. The molecule has 1 aromatic carbocycles. The van der Waals surface area contributed by atoms with E-state index >= 15 is 0 Å². The SMILES string of the molecule is COCc1nc(NCc2nc(C)sc2C)c2c(-c3ccccc3)csc2n1. The molecule has 27 heavy (non-hydrogen) atoms. The summed E-state index contributed by atoms with van der Waals surface area (Å²) in [5.41, 5.74) is 3.37. The predicted octanol–water partition coefficient (Wildman–Crippen LogP) is 5.19. The number of hydrogen-bond acceptors (Lipinski definition) is 7. The van der Waals surface area contributed by atoms with Crippen LogP contribution in [0.4, 0.5) is 5.82 Å². The number of fused-ring (bicyclic) bond motifs is 1. The third-order valence-electron chi connectivity index (χ3n) is 4.26. The standard InChI is InChI=1S/C20H20N4OS2/c1-12-16(22-13(2)27-12)9-21-19-18-15(14-7-5-4-6-8-14)11-26-20(18)24-17(23-19)10-25-3/h4-8,11H,9-10H2,1-3H3,(H,21,23,24). The van der Waals surface area contributed by atoms with E-state index in [0.717, 1.165) is 37.9 Å². The van der Waals surface area contributed by atoms with Crippen molar-refractivity contribution >= 4 is 38.7 Å². The normalized spacial score (nSPS) is 11.2. The van der Waals surface area contributed by atoms with Crippen LogP contribution in [-0.4, -0.2) is 22.1 Å². The number of thiophene rings is 1. The molecule has 0 saturated carbocycles. The van der Waals surface area contributed by atoms with Gasteiger partial charge in [-0.1, -0.05) is 30.3 Å². The van der Waals surface area contributed by atoms with Gasteiger partial charge in [0.1, 0.15) is 17.3 Å². The summed E-state index contributed by atoms with van der Waals surface area (Å²) in [5, 5.41) is 7.78. The fraction of sp³-hybridized carbons (Fsp3) is 0.250. The average molecular weight is 397 g/mol. The number of ether oxygens (including phenoxy) is 1. The monoisotopic (exact) mass is 396 g/mol. The summed E-state index contributed by atoms with van der Waals surface area (Å²) in [6, 6.07) is 10.4. The molecule has 0 aliphatic rings. The Hall–Kier alpha value is -2.35. The van der Waals surface area contributed by atoms with Crippen molar-refractivity contribution in [1.82, 2.24) is 15.0 Å². The number of aromatic nitrogens is 3. The molecule has 0 fully saturated rings. The van der Waals surface area contributed by atoms with Crippen molar-refractivity contribution in [3.8, 4) is 11.1 Å². The van der Waals surface area contributed by atoms with Crippen LogP contribution in [0, 0.1) is 13.8 Å². The molecule has 0 saturated heterocycles. The Bertz CT molecular complexity index is 1070. The van der Waals surface area contributed by atoms with Crippen LogP contribution in [0.5, 0.6) is 0 Å². The first-order valence-electron chi connectivity index (χ1n) is 8.65. The Balaban J connectivity index is 1.78. The zero-order valence-corrected chi connectivity index (χ0v) is 17.1. The van der Waals surface area contributed by atoms with Crippen LogP contribution in [-0.2, 0) is 17.9 Å². The van der Waals surface area contributed by atoms with E-state index in [0.29, 0.717) is 19.0 Å². The Labute approximate surface area is 166 Å². The van der Waals surface area contributed by atoms with Gasteiger partial charge in [0.15, 0.2) is 5.82 Å². The van der Waals surface area contributed by atoms with Crippen molar-refractivity contribution in [3.05, 3.63) is 57.1 Å². The zero-order valence-electron chi connectivity index (χ0n) is 15.4. The highest BCUT2D eigenvalue weighted by Gasteiger charge is 2.16. The number of rotatable bonds is 6. The Morgan fingerprint density at radius 1 is 1.07 bits per heavy atom. The predicted molar refractivity (Wildman–Crippen MR) is 112 cm³/mol. The van der Waals surface area contributed by atoms with Crippen LogP contribution in [0.2, 0.25) is 0 Å². The molecule has 0 spiro atoms. The molecule has 138 valence electrons. The summed E-state index contributed by atoms with van der Waals surface area (Å²) in [4.78, 5) is 16.2. The van der Waals surface area contributed by atoms with E-state index in [2.05, 4.69) is 39.7 Å². The largest absolute Gasteiger partial charge is 0.377 e. The maximum Gasteiger partial charge on any atom is 0.158 e. The van der Waals surface area contributed by atoms with Crippen LogP contribution < -0.4 is 5.32 Å². The highest BCUT2D eigenvalue weighted by atomic mass is 32.1. The van der Waals surface area contributed by atoms with E-state index < -0.39 is 0 Å². The lowest BCUT2D eigenvalue weighted by molar-refractivity contribution is 0.178. The van der Waals surface area contributed by atoms with Crippen LogP contribution >= 0.6 is 22.7 Å². The highest BCUT2D eigenvalue weighted by molar-refractivity contribution is 7.17. The fourth-order valence-electron chi connectivity index (χ4n) is 3.04. The second-order valence-electron chi connectivity index (χ2n) is 6.21. The van der Waals surface area contributed by atoms with Crippen molar-refractivity contribution in [1.29, 1.82) is 0 Å². The van der Waals surface area contributed by atoms with Gasteiger partial charge in [-0.3, -0.25) is 0 Å². The molecule has 0 radical (unpaired) electrons. The van der Waals surface area contributed by atoms with E-state index in [4.69, 9.17) is 9.72 Å². The van der Waals surface area contributed by atoms with Gasteiger partial charge in [0.2, 0.25) is 0 Å². The molecular weight excluding hydrogens is 376 g/mol. The number of hydrogen-bond donors (Lipinski definition) is 1. The Morgan fingerprint density at radius 3 is 2.59 bits per heavy atom. The summed E-state index contributed by atoms with van der Waals surface area (Å²) in [6.07, 6.45) is 0. The number of methoxy groups -OCH3 is 1. The van der Waals surface area contributed by atoms with E-state index in [1.54, 1.807) is 29.8 Å². The van der Waals surface area contributed by atoms with Gasteiger partial charge < -0.3 is 10.1 Å². The lowest BCUT2D eigenvalue weighted by atomic mass is 10.1. The van der Waals surface area contributed by atoms with Gasteiger partial charge in [0.25, 0.3) is 0 Å². The van der Waals surface area contributed by atoms with Crippen molar-refractivity contribution in [2.75, 3.05) is 12.4 Å². The van der Waals surface area contributed by atoms with Crippen molar-refractivity contribution in [2.24, 2.45) is 0 Å². The first-order valence-corrected chi connectivity index (χ1v) is 10.3. The average Bonchev–Trinajstić information content (AvgIpc) is 3.23. The quantitative estimate of drug-likeness (QED) is 0.486. The fourth-order valence-corrected chi connectivity index (χ4v) is 4.84. The molecule has 0 atom stereocenters. The summed E-state index contributed by atoms with van der Waals surface area (Å²) in [5.74, 6) is 1.51. The minimum atomic E-state index is 0.387. The minimum absolute atomic E-state index is 0.387. The Morgan fingerprint density at radius 2 is 1.89 bits per heavy atom. The maximum atomic E-state index is 5.25. The molecule has 3 heterocycles. The summed E-state index contributed by atoms with van der Waals surface area (Å²) in [7, 11) is 1.66. The molecule has 5 nitrogen and oxygen atoms in total. The van der Waals surface area contributed by atoms with E-state index in [9.17, 15) is 0 Å². The first-order chi connectivity index (χ1) is 13.2. The van der Waals surface area contributed by atoms with Gasteiger partial charge in [0.05, 0.1) is 22.6 Å². The van der Waals surface area contributed by atoms with Gasteiger partial charge >= 0.3 is 0 Å². The molecule has 0 aliphatic carbocycles.